The van der Waals surface area contributed by atoms with Gasteiger partial charge in [0.05, 0.1) is 26.0 Å². The summed E-state index contributed by atoms with van der Waals surface area (Å²) >= 11 is 1.77. The number of hydrogen-bond acceptors (Lipinski definition) is 16. The van der Waals surface area contributed by atoms with Gasteiger partial charge in [-0.15, -0.1) is 5.10 Å². The van der Waals surface area contributed by atoms with Crippen LogP contribution in [-0.4, -0.2) is 162 Å². The number of ketones is 1. The van der Waals surface area contributed by atoms with Crippen LogP contribution in [0.4, 0.5) is 0 Å². The fourth-order valence-electron chi connectivity index (χ4n) is 5.15. The average molecular weight is 653 g/mol. The molecule has 2 fully saturated rings. The predicted octanol–water partition coefficient (Wildman–Crippen LogP) is -2.56. The van der Waals surface area contributed by atoms with Crippen molar-refractivity contribution in [2.45, 2.75) is 107 Å². The van der Waals surface area contributed by atoms with Gasteiger partial charge in [0.15, 0.2) is 12.5 Å². The van der Waals surface area contributed by atoms with Gasteiger partial charge in [-0.25, -0.2) is 0 Å². The van der Waals surface area contributed by atoms with Crippen molar-refractivity contribution in [3.8, 4) is 0 Å². The molecule has 0 spiro atoms. The van der Waals surface area contributed by atoms with Gasteiger partial charge in [0.25, 0.3) is 0 Å². The monoisotopic (exact) mass is 652 g/mol. The van der Waals surface area contributed by atoms with E-state index in [-0.39, 0.29) is 12.3 Å². The van der Waals surface area contributed by atoms with Crippen LogP contribution in [0.15, 0.2) is 6.20 Å². The van der Waals surface area contributed by atoms with Crippen LogP contribution < -0.4 is 0 Å². The van der Waals surface area contributed by atoms with Crippen LogP contribution in [0.2, 0.25) is 0 Å². The molecule has 254 valence electrons. The zero-order valence-electron chi connectivity index (χ0n) is 25.4. The van der Waals surface area contributed by atoms with Crippen molar-refractivity contribution in [3.05, 3.63) is 11.9 Å². The first-order valence-electron chi connectivity index (χ1n) is 14.8. The molecule has 11 atom stereocenters. The number of hydroxylamine groups is 2. The van der Waals surface area contributed by atoms with Crippen molar-refractivity contribution in [2.24, 2.45) is 5.92 Å². The summed E-state index contributed by atoms with van der Waals surface area (Å²) in [5, 5.41) is 80.7. The Kier molecular flexibility index (Phi) is 15.3. The van der Waals surface area contributed by atoms with E-state index in [0.29, 0.717) is 43.8 Å². The third kappa shape index (κ3) is 10.1. The van der Waals surface area contributed by atoms with Crippen LogP contribution in [0.5, 0.6) is 0 Å². The van der Waals surface area contributed by atoms with Crippen LogP contribution in [-0.2, 0) is 36.8 Å². The van der Waals surface area contributed by atoms with Gasteiger partial charge in [-0.1, -0.05) is 12.1 Å². The maximum Gasteiger partial charge on any atom is 0.186 e. The molecule has 0 bridgehead atoms. The van der Waals surface area contributed by atoms with Crippen molar-refractivity contribution in [3.63, 3.8) is 0 Å². The number of carbonyl (C=O) groups is 1. The molecule has 1 aromatic heterocycles. The molecule has 0 radical (unpaired) electrons. The molecule has 10 unspecified atom stereocenters. The van der Waals surface area contributed by atoms with Crippen LogP contribution >= 0.6 is 11.8 Å². The van der Waals surface area contributed by atoms with Crippen molar-refractivity contribution in [1.82, 2.24) is 20.1 Å². The number of rotatable bonds is 18. The van der Waals surface area contributed by atoms with Crippen LogP contribution in [0.25, 0.3) is 0 Å². The van der Waals surface area contributed by atoms with Crippen molar-refractivity contribution in [2.75, 3.05) is 38.9 Å². The van der Waals surface area contributed by atoms with E-state index in [9.17, 15) is 40.5 Å². The van der Waals surface area contributed by atoms with Gasteiger partial charge in [0.2, 0.25) is 0 Å². The molecular weight excluding hydrogens is 604 g/mol. The number of thioether (sulfide) groups is 1. The van der Waals surface area contributed by atoms with E-state index < -0.39 is 74.6 Å². The standard InChI is InChI=1S/C27H48N4O12S/c1-15(7-10-44-3)11-17(33)6-5-16-12-30(29-28-16)8-4-9-31(40-2)26-24(38)22(36)21(35)19(42-26)14-41-27-25(39)23(37)20(34)18(13-32)43-27/h12,15,18-27,32,34-39H,4-11,13-14H2,1-3H3/t15-,18?,19?,20?,21?,22?,23?,24?,25?,26?,27?/m1/s1. The molecule has 7 N–H and O–H groups in total. The second-order valence-electron chi connectivity index (χ2n) is 11.3. The summed E-state index contributed by atoms with van der Waals surface area (Å²) in [6, 6.07) is 0. The van der Waals surface area contributed by atoms with Crippen LogP contribution in [0.3, 0.4) is 0 Å². The minimum absolute atomic E-state index is 0.208. The number of nitrogens with zero attached hydrogens (tertiary/aromatic N) is 4. The number of aryl methyl sites for hydroxylation is 2. The van der Waals surface area contributed by atoms with Crippen LogP contribution in [0, 0.1) is 5.92 Å². The first-order chi connectivity index (χ1) is 21.0. The third-order valence-electron chi connectivity index (χ3n) is 7.88. The Balaban J connectivity index is 1.48. The molecule has 2 saturated heterocycles. The molecule has 3 rings (SSSR count). The molecule has 1 aromatic rings. The fourth-order valence-corrected chi connectivity index (χ4v) is 5.79. The Bertz CT molecular complexity index is 992. The number of ether oxygens (including phenoxy) is 3. The van der Waals surface area contributed by atoms with Crippen LogP contribution in [0.1, 0.15) is 38.3 Å². The molecule has 0 aromatic carbocycles. The number of aliphatic hydroxyl groups excluding tert-OH is 7. The zero-order valence-corrected chi connectivity index (χ0v) is 26.2. The van der Waals surface area contributed by atoms with E-state index >= 15 is 0 Å². The highest BCUT2D eigenvalue weighted by molar-refractivity contribution is 7.98. The summed E-state index contributed by atoms with van der Waals surface area (Å²) in [5.74, 6) is 1.60. The number of hydrogen-bond donors (Lipinski definition) is 7. The number of aromatic nitrogens is 3. The lowest BCUT2D eigenvalue weighted by Gasteiger charge is -2.45. The minimum Gasteiger partial charge on any atom is -0.394 e. The van der Waals surface area contributed by atoms with E-state index in [0.717, 1.165) is 12.2 Å². The van der Waals surface area contributed by atoms with Crippen molar-refractivity contribution >= 4 is 17.5 Å². The van der Waals surface area contributed by atoms with Gasteiger partial charge < -0.3 is 50.0 Å². The SMILES string of the molecule is CON(CCCn1cc(CCC(=O)C[C@H](C)CCSC)nn1)C1OC(COC2OC(CO)C(O)C(O)C2O)C(O)C(O)C1O. The topological polar surface area (TPSA) is 230 Å². The Morgan fingerprint density at radius 2 is 1.77 bits per heavy atom. The zero-order chi connectivity index (χ0) is 32.4. The Hall–Kier alpha value is -1.32. The van der Waals surface area contributed by atoms with E-state index in [4.69, 9.17) is 19.0 Å². The highest BCUT2D eigenvalue weighted by Gasteiger charge is 2.48. The lowest BCUT2D eigenvalue weighted by Crippen LogP contribution is -2.64. The molecule has 2 aliphatic heterocycles. The summed E-state index contributed by atoms with van der Waals surface area (Å²) in [4.78, 5) is 17.7. The number of aliphatic hydroxyl groups is 7. The summed E-state index contributed by atoms with van der Waals surface area (Å²) in [5.41, 5.74) is 0.712. The molecule has 0 amide bonds. The average Bonchev–Trinajstić information content (AvgIpc) is 3.47. The molecule has 44 heavy (non-hydrogen) atoms. The molecule has 16 nitrogen and oxygen atoms in total. The third-order valence-corrected chi connectivity index (χ3v) is 8.53. The van der Waals surface area contributed by atoms with Gasteiger partial charge >= 0.3 is 0 Å². The summed E-state index contributed by atoms with van der Waals surface area (Å²) in [6.45, 7) is 1.67. The molecule has 3 heterocycles. The molecule has 17 heteroatoms. The van der Waals surface area contributed by atoms with Gasteiger partial charge in [0, 0.05) is 32.1 Å². The molecule has 2 aliphatic rings. The smallest absolute Gasteiger partial charge is 0.186 e. The molecule has 0 saturated carbocycles. The highest BCUT2D eigenvalue weighted by atomic mass is 32.2. The van der Waals surface area contributed by atoms with Crippen molar-refractivity contribution in [1.29, 1.82) is 0 Å². The first-order valence-corrected chi connectivity index (χ1v) is 16.2. The number of carbonyl (C=O) groups excluding carboxylic acids is 1. The lowest BCUT2D eigenvalue weighted by atomic mass is 9.97. The Morgan fingerprint density at radius 1 is 1.07 bits per heavy atom. The highest BCUT2D eigenvalue weighted by Crippen LogP contribution is 2.27. The van der Waals surface area contributed by atoms with E-state index in [1.165, 1.54) is 12.2 Å². The maximum absolute atomic E-state index is 12.3. The normalized spacial score (nSPS) is 33.5. The maximum atomic E-state index is 12.3. The summed E-state index contributed by atoms with van der Waals surface area (Å²) in [7, 11) is 1.36. The second kappa shape index (κ2) is 18.1. The number of Topliss-reactive ketones (excluding diaryl/α,β-unsaturated/α-hetero) is 1. The van der Waals surface area contributed by atoms with Crippen molar-refractivity contribution < 1.29 is 59.6 Å². The quantitative estimate of drug-likeness (QED) is 0.0809. The first kappa shape index (κ1) is 37.1. The lowest BCUT2D eigenvalue weighted by molar-refractivity contribution is -0.343. The van der Waals surface area contributed by atoms with E-state index in [2.05, 4.69) is 23.5 Å². The molecule has 0 aliphatic carbocycles. The van der Waals surface area contributed by atoms with Gasteiger partial charge in [-0.3, -0.25) is 14.3 Å². The van der Waals surface area contributed by atoms with Gasteiger partial charge in [-0.05, 0) is 37.2 Å². The summed E-state index contributed by atoms with van der Waals surface area (Å²) < 4.78 is 18.2. The predicted molar refractivity (Wildman–Crippen MR) is 155 cm³/mol. The summed E-state index contributed by atoms with van der Waals surface area (Å²) in [6.07, 6.45) is -7.93. The van der Waals surface area contributed by atoms with Gasteiger partial charge in [-0.2, -0.15) is 16.8 Å². The second-order valence-corrected chi connectivity index (χ2v) is 12.3. The van der Waals surface area contributed by atoms with E-state index in [1.807, 2.05) is 0 Å². The largest absolute Gasteiger partial charge is 0.394 e. The fraction of sp³-hybridized carbons (Fsp3) is 0.889. The minimum atomic E-state index is -1.66. The molecular formula is C27H48N4O12S. The Morgan fingerprint density at radius 3 is 2.45 bits per heavy atom. The Labute approximate surface area is 260 Å². The van der Waals surface area contributed by atoms with Gasteiger partial charge in [0.1, 0.15) is 54.6 Å². The van der Waals surface area contributed by atoms with E-state index in [1.54, 1.807) is 22.6 Å².